The first-order valence-electron chi connectivity index (χ1n) is 7.22. The number of amides is 1. The molecule has 1 fully saturated rings. The summed E-state index contributed by atoms with van der Waals surface area (Å²) in [6.07, 6.45) is 1.97. The fraction of sp³-hybridized carbons (Fsp3) is 0.857. The van der Waals surface area contributed by atoms with Crippen LogP contribution in [0.5, 0.6) is 0 Å². The quantitative estimate of drug-likeness (QED) is 0.722. The molecule has 0 saturated carbocycles. The van der Waals surface area contributed by atoms with Crippen molar-refractivity contribution in [2.45, 2.75) is 51.7 Å². The van der Waals surface area contributed by atoms with Gasteiger partial charge in [0.2, 0.25) is 5.91 Å². The Hall–Kier alpha value is -1.14. The van der Waals surface area contributed by atoms with E-state index in [9.17, 15) is 9.59 Å². The number of methoxy groups -OCH3 is 1. The van der Waals surface area contributed by atoms with Gasteiger partial charge in [0.05, 0.1) is 26.4 Å². The van der Waals surface area contributed by atoms with Gasteiger partial charge < -0.3 is 14.8 Å². The Morgan fingerprint density at radius 2 is 2.15 bits per heavy atom. The summed E-state index contributed by atoms with van der Waals surface area (Å²) in [5.41, 5.74) is 0. The zero-order valence-corrected chi connectivity index (χ0v) is 12.8. The number of hydrogen-bond acceptors (Lipinski definition) is 5. The molecule has 3 unspecified atom stereocenters. The first kappa shape index (κ1) is 16.9. The zero-order chi connectivity index (χ0) is 15.1. The standard InChI is InChI=1S/C14H26N2O4/c1-5-6-10(2)15-13(17)11(3)16-7-8-20-9-12(16)14(18)19-4/h10-12H,5-9H2,1-4H3,(H,15,17). The molecule has 6 heteroatoms. The minimum absolute atomic E-state index is 0.0539. The molecule has 1 saturated heterocycles. The predicted octanol–water partition coefficient (Wildman–Crippen LogP) is 0.554. The van der Waals surface area contributed by atoms with Gasteiger partial charge in [0.15, 0.2) is 0 Å². The molecule has 0 aromatic rings. The van der Waals surface area contributed by atoms with Gasteiger partial charge in [-0.05, 0) is 20.3 Å². The lowest BCUT2D eigenvalue weighted by Crippen LogP contribution is -2.58. The summed E-state index contributed by atoms with van der Waals surface area (Å²) < 4.78 is 10.1. The molecule has 0 radical (unpaired) electrons. The molecule has 1 heterocycles. The van der Waals surface area contributed by atoms with Gasteiger partial charge in [0.1, 0.15) is 6.04 Å². The van der Waals surface area contributed by atoms with Gasteiger partial charge in [-0.2, -0.15) is 0 Å². The van der Waals surface area contributed by atoms with Gasteiger partial charge in [-0.25, -0.2) is 0 Å². The van der Waals surface area contributed by atoms with E-state index in [0.717, 1.165) is 12.8 Å². The number of hydrogen-bond donors (Lipinski definition) is 1. The molecule has 0 bridgehead atoms. The molecular weight excluding hydrogens is 260 g/mol. The van der Waals surface area contributed by atoms with Crippen molar-refractivity contribution in [1.82, 2.24) is 10.2 Å². The van der Waals surface area contributed by atoms with Crippen LogP contribution in [0.2, 0.25) is 0 Å². The first-order valence-corrected chi connectivity index (χ1v) is 7.22. The Kier molecular flexibility index (Phi) is 6.95. The van der Waals surface area contributed by atoms with Crippen molar-refractivity contribution in [1.29, 1.82) is 0 Å². The summed E-state index contributed by atoms with van der Waals surface area (Å²) in [4.78, 5) is 25.8. The molecule has 0 spiro atoms. The van der Waals surface area contributed by atoms with Crippen LogP contribution in [0.4, 0.5) is 0 Å². The van der Waals surface area contributed by atoms with Crippen molar-refractivity contribution < 1.29 is 19.1 Å². The van der Waals surface area contributed by atoms with E-state index in [2.05, 4.69) is 12.2 Å². The Labute approximate surface area is 120 Å². The van der Waals surface area contributed by atoms with E-state index in [1.807, 2.05) is 18.7 Å². The molecule has 3 atom stereocenters. The van der Waals surface area contributed by atoms with Crippen molar-refractivity contribution >= 4 is 11.9 Å². The van der Waals surface area contributed by atoms with Crippen molar-refractivity contribution in [2.24, 2.45) is 0 Å². The molecular formula is C14H26N2O4. The third-order valence-corrected chi connectivity index (χ3v) is 3.63. The highest BCUT2D eigenvalue weighted by Gasteiger charge is 2.36. The van der Waals surface area contributed by atoms with E-state index in [0.29, 0.717) is 13.2 Å². The lowest BCUT2D eigenvalue weighted by molar-refractivity contribution is -0.156. The molecule has 1 N–H and O–H groups in total. The first-order chi connectivity index (χ1) is 9.51. The van der Waals surface area contributed by atoms with Crippen molar-refractivity contribution in [3.05, 3.63) is 0 Å². The average molecular weight is 286 g/mol. The van der Waals surface area contributed by atoms with E-state index >= 15 is 0 Å². The number of esters is 1. The van der Waals surface area contributed by atoms with Crippen molar-refractivity contribution in [3.8, 4) is 0 Å². The number of rotatable bonds is 6. The second-order valence-electron chi connectivity index (χ2n) is 5.23. The van der Waals surface area contributed by atoms with Crippen LogP contribution in [0.25, 0.3) is 0 Å². The summed E-state index contributed by atoms with van der Waals surface area (Å²) in [6.45, 7) is 7.24. The minimum Gasteiger partial charge on any atom is -0.468 e. The Morgan fingerprint density at radius 3 is 2.75 bits per heavy atom. The highest BCUT2D eigenvalue weighted by molar-refractivity contribution is 5.83. The van der Waals surface area contributed by atoms with Crippen molar-refractivity contribution in [2.75, 3.05) is 26.9 Å². The van der Waals surface area contributed by atoms with Gasteiger partial charge in [-0.3, -0.25) is 14.5 Å². The van der Waals surface area contributed by atoms with E-state index in [1.54, 1.807) is 0 Å². The number of morpholine rings is 1. The third kappa shape index (κ3) is 4.45. The van der Waals surface area contributed by atoms with Crippen LogP contribution in [0.3, 0.4) is 0 Å². The predicted molar refractivity (Wildman–Crippen MR) is 75.3 cm³/mol. The highest BCUT2D eigenvalue weighted by Crippen LogP contribution is 2.13. The van der Waals surface area contributed by atoms with E-state index < -0.39 is 6.04 Å². The molecule has 6 nitrogen and oxygen atoms in total. The fourth-order valence-corrected chi connectivity index (χ4v) is 2.44. The summed E-state index contributed by atoms with van der Waals surface area (Å²) in [7, 11) is 1.35. The molecule has 116 valence electrons. The molecule has 0 aromatic carbocycles. The minimum atomic E-state index is -0.504. The van der Waals surface area contributed by atoms with Crippen LogP contribution in [-0.2, 0) is 19.1 Å². The van der Waals surface area contributed by atoms with E-state index in [1.165, 1.54) is 7.11 Å². The van der Waals surface area contributed by atoms with E-state index in [4.69, 9.17) is 9.47 Å². The largest absolute Gasteiger partial charge is 0.468 e. The molecule has 1 aliphatic rings. The van der Waals surface area contributed by atoms with E-state index in [-0.39, 0.29) is 30.6 Å². The van der Waals surface area contributed by atoms with Crippen LogP contribution in [0.15, 0.2) is 0 Å². The van der Waals surface area contributed by atoms with Crippen LogP contribution in [0, 0.1) is 0 Å². The lowest BCUT2D eigenvalue weighted by Gasteiger charge is -2.37. The highest BCUT2D eigenvalue weighted by atomic mass is 16.5. The number of carbonyl (C=O) groups excluding carboxylic acids is 2. The monoisotopic (exact) mass is 286 g/mol. The maximum absolute atomic E-state index is 12.2. The Bertz CT molecular complexity index is 335. The van der Waals surface area contributed by atoms with Gasteiger partial charge in [0.25, 0.3) is 0 Å². The molecule has 0 aromatic heterocycles. The zero-order valence-electron chi connectivity index (χ0n) is 12.8. The number of nitrogens with zero attached hydrogens (tertiary/aromatic N) is 1. The molecule has 1 rings (SSSR count). The SMILES string of the molecule is CCCC(C)NC(=O)C(C)N1CCOCC1C(=O)OC. The van der Waals surface area contributed by atoms with Gasteiger partial charge >= 0.3 is 5.97 Å². The summed E-state index contributed by atoms with van der Waals surface area (Å²) in [5, 5.41) is 2.98. The number of carbonyl (C=O) groups is 2. The average Bonchev–Trinajstić information content (AvgIpc) is 2.45. The Balaban J connectivity index is 2.64. The lowest BCUT2D eigenvalue weighted by atomic mass is 10.1. The van der Waals surface area contributed by atoms with Crippen LogP contribution in [-0.4, -0.2) is 61.8 Å². The van der Waals surface area contributed by atoms with Gasteiger partial charge in [-0.1, -0.05) is 13.3 Å². The second-order valence-corrected chi connectivity index (χ2v) is 5.23. The summed E-state index contributed by atoms with van der Waals surface area (Å²) in [6, 6.07) is -0.731. The van der Waals surface area contributed by atoms with Gasteiger partial charge in [-0.15, -0.1) is 0 Å². The number of ether oxygens (including phenoxy) is 2. The van der Waals surface area contributed by atoms with Gasteiger partial charge in [0, 0.05) is 12.6 Å². The number of nitrogens with one attached hydrogen (secondary N) is 1. The normalized spacial score (nSPS) is 22.9. The maximum atomic E-state index is 12.2. The maximum Gasteiger partial charge on any atom is 0.325 e. The summed E-state index contributed by atoms with van der Waals surface area (Å²) >= 11 is 0. The van der Waals surface area contributed by atoms with Crippen LogP contribution >= 0.6 is 0 Å². The third-order valence-electron chi connectivity index (χ3n) is 3.63. The van der Waals surface area contributed by atoms with Crippen molar-refractivity contribution in [3.63, 3.8) is 0 Å². The molecule has 20 heavy (non-hydrogen) atoms. The summed E-state index contributed by atoms with van der Waals surface area (Å²) in [5.74, 6) is -0.410. The molecule has 1 amide bonds. The van der Waals surface area contributed by atoms with Crippen LogP contribution < -0.4 is 5.32 Å². The second kappa shape index (κ2) is 8.21. The fourth-order valence-electron chi connectivity index (χ4n) is 2.44. The molecule has 0 aliphatic carbocycles. The smallest absolute Gasteiger partial charge is 0.325 e. The van der Waals surface area contributed by atoms with Crippen LogP contribution in [0.1, 0.15) is 33.6 Å². The Morgan fingerprint density at radius 1 is 1.45 bits per heavy atom. The topological polar surface area (TPSA) is 67.9 Å². The molecule has 1 aliphatic heterocycles.